The number of hydrogen-bond acceptors (Lipinski definition) is 5. The molecule has 0 fully saturated rings. The molecule has 3 N–H and O–H groups in total. The van der Waals surface area contributed by atoms with Gasteiger partial charge < -0.3 is 15.4 Å². The normalized spacial score (nSPS) is 10.6. The number of benzene rings is 1. The number of fused-ring (bicyclic) bond motifs is 1. The Morgan fingerprint density at radius 2 is 2.20 bits per heavy atom. The summed E-state index contributed by atoms with van der Waals surface area (Å²) in [5.74, 6) is 0.886. The Bertz CT molecular complexity index is 962. The number of hydrogen-bond donors (Lipinski definition) is 3. The maximum atomic E-state index is 12.6. The second-order valence-corrected chi connectivity index (χ2v) is 5.32. The van der Waals surface area contributed by atoms with Crippen LogP contribution in [0.1, 0.15) is 19.0 Å². The number of H-pyrrole nitrogens is 1. The summed E-state index contributed by atoms with van der Waals surface area (Å²) in [4.78, 5) is 33.2. The molecule has 0 saturated carbocycles. The Morgan fingerprint density at radius 1 is 1.36 bits per heavy atom. The van der Waals surface area contributed by atoms with Gasteiger partial charge in [-0.2, -0.15) is 4.52 Å². The molecule has 0 bridgehead atoms. The number of methoxy groups -OCH3 is 1. The third-order valence-electron chi connectivity index (χ3n) is 3.56. The first-order valence-corrected chi connectivity index (χ1v) is 7.79. The van der Waals surface area contributed by atoms with Gasteiger partial charge in [0.1, 0.15) is 17.8 Å². The fraction of sp³-hybridized carbons (Fsp3) is 0.250. The highest BCUT2D eigenvalue weighted by molar-refractivity contribution is 6.00. The Hall–Kier alpha value is -3.36. The number of anilines is 2. The fourth-order valence-electron chi connectivity index (χ4n) is 2.42. The van der Waals surface area contributed by atoms with E-state index < -0.39 is 11.6 Å². The highest BCUT2D eigenvalue weighted by atomic mass is 16.5. The Balaban J connectivity index is 1.88. The maximum absolute atomic E-state index is 12.6. The average molecular weight is 342 g/mol. The van der Waals surface area contributed by atoms with Crippen molar-refractivity contribution in [1.82, 2.24) is 19.6 Å². The van der Waals surface area contributed by atoms with E-state index >= 15 is 0 Å². The minimum absolute atomic E-state index is 0.129. The van der Waals surface area contributed by atoms with Crippen molar-refractivity contribution < 1.29 is 9.53 Å². The number of nitrogens with one attached hydrogen (secondary N) is 3. The summed E-state index contributed by atoms with van der Waals surface area (Å²) in [6.07, 6.45) is 2.70. The number of aromatic amines is 1. The lowest BCUT2D eigenvalue weighted by Gasteiger charge is -2.11. The van der Waals surface area contributed by atoms with Crippen molar-refractivity contribution in [3.05, 3.63) is 46.6 Å². The summed E-state index contributed by atoms with van der Waals surface area (Å²) in [6, 6.07) is 6.38. The van der Waals surface area contributed by atoms with Crippen molar-refractivity contribution in [3.8, 4) is 5.75 Å². The monoisotopic (exact) mass is 342 g/mol. The fourth-order valence-corrected chi connectivity index (χ4v) is 2.42. The third kappa shape index (κ3) is 3.44. The van der Waals surface area contributed by atoms with Crippen molar-refractivity contribution in [2.24, 2.45) is 0 Å². The quantitative estimate of drug-likeness (QED) is 0.656. The molecule has 9 heteroatoms. The van der Waals surface area contributed by atoms with Crippen LogP contribution < -0.4 is 20.9 Å². The van der Waals surface area contributed by atoms with E-state index in [1.165, 1.54) is 10.8 Å². The largest absolute Gasteiger partial charge is 0.497 e. The van der Waals surface area contributed by atoms with Crippen LogP contribution in [-0.2, 0) is 6.42 Å². The zero-order valence-corrected chi connectivity index (χ0v) is 13.9. The molecule has 0 unspecified atom stereocenters. The van der Waals surface area contributed by atoms with Crippen molar-refractivity contribution in [2.75, 3.05) is 17.7 Å². The number of aryl methyl sites for hydroxylation is 1. The van der Waals surface area contributed by atoms with Crippen LogP contribution in [0.4, 0.5) is 16.2 Å². The topological polar surface area (TPSA) is 113 Å². The van der Waals surface area contributed by atoms with E-state index in [2.05, 4.69) is 25.7 Å². The zero-order valence-electron chi connectivity index (χ0n) is 13.9. The zero-order chi connectivity index (χ0) is 17.8. The lowest BCUT2D eigenvalue weighted by molar-refractivity contribution is 0.262. The number of ether oxygens (including phenoxy) is 1. The third-order valence-corrected chi connectivity index (χ3v) is 3.56. The van der Waals surface area contributed by atoms with Crippen molar-refractivity contribution in [2.45, 2.75) is 19.8 Å². The second-order valence-electron chi connectivity index (χ2n) is 5.32. The first kappa shape index (κ1) is 16.5. The number of carbonyl (C=O) groups excluding carboxylic acids is 1. The summed E-state index contributed by atoms with van der Waals surface area (Å²) in [7, 11) is 1.54. The number of aromatic nitrogens is 4. The lowest BCUT2D eigenvalue weighted by Crippen LogP contribution is -2.28. The van der Waals surface area contributed by atoms with Crippen molar-refractivity contribution in [1.29, 1.82) is 0 Å². The molecule has 2 aromatic heterocycles. The van der Waals surface area contributed by atoms with Gasteiger partial charge in [-0.3, -0.25) is 9.89 Å². The molecule has 130 valence electrons. The predicted octanol–water partition coefficient (Wildman–Crippen LogP) is 2.02. The van der Waals surface area contributed by atoms with Gasteiger partial charge in [0.25, 0.3) is 11.3 Å². The van der Waals surface area contributed by atoms with E-state index in [4.69, 9.17) is 4.74 Å². The van der Waals surface area contributed by atoms with Crippen LogP contribution in [-0.4, -0.2) is 32.7 Å². The van der Waals surface area contributed by atoms with Crippen LogP contribution in [0.15, 0.2) is 35.4 Å². The Morgan fingerprint density at radius 3 is 2.96 bits per heavy atom. The summed E-state index contributed by atoms with van der Waals surface area (Å²) in [6.45, 7) is 1.97. The molecule has 0 saturated heterocycles. The van der Waals surface area contributed by atoms with Gasteiger partial charge >= 0.3 is 6.03 Å². The minimum Gasteiger partial charge on any atom is -0.497 e. The van der Waals surface area contributed by atoms with E-state index in [0.717, 1.165) is 6.42 Å². The molecule has 0 spiro atoms. The van der Waals surface area contributed by atoms with Crippen LogP contribution in [0, 0.1) is 0 Å². The number of carbonyl (C=O) groups is 1. The molecule has 2 amide bonds. The first-order valence-electron chi connectivity index (χ1n) is 7.79. The summed E-state index contributed by atoms with van der Waals surface area (Å²) in [5, 5.41) is 7.95. The predicted molar refractivity (Wildman–Crippen MR) is 93.2 cm³/mol. The molecular formula is C16H18N6O3. The molecule has 0 aliphatic rings. The van der Waals surface area contributed by atoms with E-state index in [1.54, 1.807) is 31.4 Å². The standard InChI is InChI=1S/C16H18N6O3/c1-3-5-12-13(14(23)22-15(20-12)17-9-18-22)21-16(24)19-10-6-4-7-11(8-10)25-2/h4,6-9H,3,5H2,1-2H3,(H,17,18,20)(H2,19,21,24). The molecule has 1 aromatic carbocycles. The molecule has 2 heterocycles. The van der Waals surface area contributed by atoms with Crippen molar-refractivity contribution in [3.63, 3.8) is 0 Å². The SMILES string of the molecule is CCCc1nc2nc[nH]n2c(=O)c1NC(=O)Nc1cccc(OC)c1. The lowest BCUT2D eigenvalue weighted by atomic mass is 10.2. The number of urea groups is 1. The highest BCUT2D eigenvalue weighted by Gasteiger charge is 2.16. The molecule has 3 aromatic rings. The molecule has 3 rings (SSSR count). The Kier molecular flexibility index (Phi) is 4.64. The number of amides is 2. The van der Waals surface area contributed by atoms with E-state index in [9.17, 15) is 9.59 Å². The van der Waals surface area contributed by atoms with Crippen LogP contribution in [0.5, 0.6) is 5.75 Å². The summed E-state index contributed by atoms with van der Waals surface area (Å²) >= 11 is 0. The van der Waals surface area contributed by atoms with Gasteiger partial charge in [-0.25, -0.2) is 14.8 Å². The van der Waals surface area contributed by atoms with E-state index in [-0.39, 0.29) is 11.5 Å². The molecule has 25 heavy (non-hydrogen) atoms. The van der Waals surface area contributed by atoms with Crippen LogP contribution in [0.25, 0.3) is 5.78 Å². The van der Waals surface area contributed by atoms with Crippen LogP contribution in [0.2, 0.25) is 0 Å². The highest BCUT2D eigenvalue weighted by Crippen LogP contribution is 2.17. The molecule has 0 atom stereocenters. The van der Waals surface area contributed by atoms with Gasteiger partial charge in [0.05, 0.1) is 12.8 Å². The molecular weight excluding hydrogens is 324 g/mol. The summed E-state index contributed by atoms with van der Waals surface area (Å²) < 4.78 is 6.30. The minimum atomic E-state index is -0.538. The molecule has 0 aliphatic carbocycles. The summed E-state index contributed by atoms with van der Waals surface area (Å²) in [5.41, 5.74) is 0.765. The molecule has 0 radical (unpaired) electrons. The van der Waals surface area contributed by atoms with Crippen molar-refractivity contribution >= 4 is 23.2 Å². The van der Waals surface area contributed by atoms with Gasteiger partial charge in [0, 0.05) is 11.8 Å². The van der Waals surface area contributed by atoms with Gasteiger partial charge in [-0.05, 0) is 18.6 Å². The van der Waals surface area contributed by atoms with Crippen LogP contribution in [0.3, 0.4) is 0 Å². The van der Waals surface area contributed by atoms with Gasteiger partial charge in [-0.1, -0.05) is 19.4 Å². The second kappa shape index (κ2) is 7.04. The van der Waals surface area contributed by atoms with Crippen LogP contribution >= 0.6 is 0 Å². The maximum Gasteiger partial charge on any atom is 0.323 e. The average Bonchev–Trinajstić information content (AvgIpc) is 3.07. The molecule has 0 aliphatic heterocycles. The van der Waals surface area contributed by atoms with Gasteiger partial charge in [-0.15, -0.1) is 0 Å². The van der Waals surface area contributed by atoms with E-state index in [0.29, 0.717) is 23.6 Å². The van der Waals surface area contributed by atoms with Gasteiger partial charge in [0.2, 0.25) is 0 Å². The first-order chi connectivity index (χ1) is 12.1. The smallest absolute Gasteiger partial charge is 0.323 e. The number of nitrogens with zero attached hydrogens (tertiary/aromatic N) is 3. The van der Waals surface area contributed by atoms with E-state index in [1.807, 2.05) is 6.92 Å². The number of rotatable bonds is 5. The van der Waals surface area contributed by atoms with Gasteiger partial charge in [0.15, 0.2) is 0 Å². The Labute approximate surface area is 143 Å². The molecule has 9 nitrogen and oxygen atoms in total.